The fraction of sp³-hybridized carbons (Fsp3) is 0.412. The molecule has 0 radical (unpaired) electrons. The van der Waals surface area contributed by atoms with E-state index in [-0.39, 0.29) is 18.5 Å². The van der Waals surface area contributed by atoms with Crippen molar-refractivity contribution >= 4 is 27.9 Å². The SMILES string of the molecule is CCc1nc(NCC2CCCO2)c2oc3ccccc3c2n1.[Cl-]. The Morgan fingerprint density at radius 1 is 1.26 bits per heavy atom. The number of halogens is 1. The molecule has 1 aliphatic heterocycles. The summed E-state index contributed by atoms with van der Waals surface area (Å²) in [6, 6.07) is 7.98. The zero-order valence-electron chi connectivity index (χ0n) is 13.0. The molecule has 122 valence electrons. The summed E-state index contributed by atoms with van der Waals surface area (Å²) in [5.41, 5.74) is 2.47. The van der Waals surface area contributed by atoms with Crippen LogP contribution in [0.2, 0.25) is 0 Å². The second kappa shape index (κ2) is 6.72. The molecule has 1 fully saturated rings. The highest BCUT2D eigenvalue weighted by atomic mass is 35.5. The van der Waals surface area contributed by atoms with Crippen LogP contribution in [0.25, 0.3) is 22.1 Å². The smallest absolute Gasteiger partial charge is 0.196 e. The molecule has 1 N–H and O–H groups in total. The molecule has 1 saturated heterocycles. The van der Waals surface area contributed by atoms with E-state index in [0.29, 0.717) is 0 Å². The molecule has 1 aliphatic rings. The van der Waals surface area contributed by atoms with E-state index in [4.69, 9.17) is 9.15 Å². The topological polar surface area (TPSA) is 60.2 Å². The number of hydrogen-bond donors (Lipinski definition) is 1. The Labute approximate surface area is 140 Å². The number of aryl methyl sites for hydroxylation is 1. The van der Waals surface area contributed by atoms with E-state index in [1.807, 2.05) is 24.3 Å². The molecule has 3 heterocycles. The number of rotatable bonds is 4. The van der Waals surface area contributed by atoms with Gasteiger partial charge in [-0.3, -0.25) is 0 Å². The lowest BCUT2D eigenvalue weighted by Gasteiger charge is -2.11. The Morgan fingerprint density at radius 2 is 2.13 bits per heavy atom. The van der Waals surface area contributed by atoms with Crippen LogP contribution in [0, 0.1) is 0 Å². The molecule has 2 aromatic heterocycles. The average molecular weight is 333 g/mol. The third-order valence-corrected chi connectivity index (χ3v) is 4.10. The van der Waals surface area contributed by atoms with Crippen molar-refractivity contribution in [1.82, 2.24) is 9.97 Å². The van der Waals surface area contributed by atoms with Crippen LogP contribution < -0.4 is 17.7 Å². The Bertz CT molecular complexity index is 812. The zero-order chi connectivity index (χ0) is 14.9. The first-order valence-electron chi connectivity index (χ1n) is 7.89. The van der Waals surface area contributed by atoms with Crippen LogP contribution in [0.4, 0.5) is 5.82 Å². The number of benzene rings is 1. The third kappa shape index (κ3) is 2.99. The van der Waals surface area contributed by atoms with Crippen LogP contribution in [0.15, 0.2) is 28.7 Å². The summed E-state index contributed by atoms with van der Waals surface area (Å²) in [4.78, 5) is 9.25. The number of nitrogens with one attached hydrogen (secondary N) is 1. The molecule has 1 atom stereocenters. The molecule has 0 aliphatic carbocycles. The lowest BCUT2D eigenvalue weighted by Crippen LogP contribution is -3.00. The van der Waals surface area contributed by atoms with Gasteiger partial charge in [-0.2, -0.15) is 0 Å². The van der Waals surface area contributed by atoms with Crippen molar-refractivity contribution in [2.45, 2.75) is 32.3 Å². The molecule has 1 unspecified atom stereocenters. The summed E-state index contributed by atoms with van der Waals surface area (Å²) in [5.74, 6) is 1.60. The standard InChI is InChI=1S/C17H19N3O2.ClH/c1-2-14-19-15-12-7-3-4-8-13(12)22-16(15)17(20-14)18-10-11-6-5-9-21-11;/h3-4,7-8,11H,2,5-6,9-10H2,1H3,(H,18,19,20);1H/p-1. The molecule has 6 heteroatoms. The van der Waals surface area contributed by atoms with Crippen molar-refractivity contribution in [3.63, 3.8) is 0 Å². The molecular weight excluding hydrogens is 314 g/mol. The fourth-order valence-corrected chi connectivity index (χ4v) is 2.93. The lowest BCUT2D eigenvalue weighted by molar-refractivity contribution is -0.00000627. The number of fused-ring (bicyclic) bond motifs is 3. The zero-order valence-corrected chi connectivity index (χ0v) is 13.8. The van der Waals surface area contributed by atoms with Gasteiger partial charge in [-0.25, -0.2) is 9.97 Å². The number of ether oxygens (including phenoxy) is 1. The van der Waals surface area contributed by atoms with E-state index >= 15 is 0 Å². The first-order chi connectivity index (χ1) is 10.8. The van der Waals surface area contributed by atoms with Gasteiger partial charge in [0.05, 0.1) is 6.10 Å². The van der Waals surface area contributed by atoms with Gasteiger partial charge < -0.3 is 26.9 Å². The lowest BCUT2D eigenvalue weighted by atomic mass is 10.2. The maximum absolute atomic E-state index is 5.97. The van der Waals surface area contributed by atoms with Gasteiger partial charge in [0.25, 0.3) is 0 Å². The van der Waals surface area contributed by atoms with Crippen LogP contribution in [-0.4, -0.2) is 29.2 Å². The summed E-state index contributed by atoms with van der Waals surface area (Å²) >= 11 is 0. The van der Waals surface area contributed by atoms with Gasteiger partial charge in [0.15, 0.2) is 11.4 Å². The third-order valence-electron chi connectivity index (χ3n) is 4.10. The summed E-state index contributed by atoms with van der Waals surface area (Å²) < 4.78 is 11.6. The van der Waals surface area contributed by atoms with Gasteiger partial charge in [0.2, 0.25) is 0 Å². The fourth-order valence-electron chi connectivity index (χ4n) is 2.93. The first-order valence-corrected chi connectivity index (χ1v) is 7.89. The Kier molecular flexibility index (Phi) is 4.68. The Balaban J connectivity index is 0.00000156. The number of anilines is 1. The van der Waals surface area contributed by atoms with E-state index in [0.717, 1.165) is 66.1 Å². The van der Waals surface area contributed by atoms with Crippen molar-refractivity contribution in [3.05, 3.63) is 30.1 Å². The monoisotopic (exact) mass is 332 g/mol. The van der Waals surface area contributed by atoms with Gasteiger partial charge in [0, 0.05) is 25.0 Å². The molecule has 0 bridgehead atoms. The normalized spacial score (nSPS) is 17.5. The largest absolute Gasteiger partial charge is 1.00 e. The predicted octanol–water partition coefficient (Wildman–Crippen LogP) is 0.533. The minimum atomic E-state index is 0. The molecule has 3 aromatic rings. The second-order valence-corrected chi connectivity index (χ2v) is 5.63. The minimum Gasteiger partial charge on any atom is -1.00 e. The number of nitrogens with zero attached hydrogens (tertiary/aromatic N) is 2. The molecule has 1 aromatic carbocycles. The van der Waals surface area contributed by atoms with Gasteiger partial charge in [-0.05, 0) is 25.0 Å². The number of aromatic nitrogens is 2. The van der Waals surface area contributed by atoms with Crippen molar-refractivity contribution in [2.75, 3.05) is 18.5 Å². The van der Waals surface area contributed by atoms with Crippen molar-refractivity contribution in [2.24, 2.45) is 0 Å². The van der Waals surface area contributed by atoms with Crippen LogP contribution >= 0.6 is 0 Å². The van der Waals surface area contributed by atoms with Gasteiger partial charge in [-0.1, -0.05) is 19.1 Å². The quantitative estimate of drug-likeness (QED) is 0.755. The summed E-state index contributed by atoms with van der Waals surface area (Å²) in [6.45, 7) is 3.68. The molecular formula is C17H19ClN3O2-. The molecule has 23 heavy (non-hydrogen) atoms. The Morgan fingerprint density at radius 3 is 2.91 bits per heavy atom. The highest BCUT2D eigenvalue weighted by Crippen LogP contribution is 2.31. The molecule has 5 nitrogen and oxygen atoms in total. The summed E-state index contributed by atoms with van der Waals surface area (Å²) in [7, 11) is 0. The number of furan rings is 1. The average Bonchev–Trinajstić information content (AvgIpc) is 3.20. The van der Waals surface area contributed by atoms with Gasteiger partial charge >= 0.3 is 0 Å². The maximum atomic E-state index is 5.97. The highest BCUT2D eigenvalue weighted by Gasteiger charge is 2.18. The van der Waals surface area contributed by atoms with Crippen molar-refractivity contribution < 1.29 is 21.6 Å². The molecule has 0 saturated carbocycles. The maximum Gasteiger partial charge on any atom is 0.196 e. The summed E-state index contributed by atoms with van der Waals surface area (Å²) in [6.07, 6.45) is 3.29. The predicted molar refractivity (Wildman–Crippen MR) is 86.2 cm³/mol. The van der Waals surface area contributed by atoms with E-state index in [1.165, 1.54) is 0 Å². The van der Waals surface area contributed by atoms with Crippen LogP contribution in [0.3, 0.4) is 0 Å². The highest BCUT2D eigenvalue weighted by molar-refractivity contribution is 6.05. The first kappa shape index (κ1) is 16.0. The van der Waals surface area contributed by atoms with E-state index in [1.54, 1.807) is 0 Å². The molecule has 4 rings (SSSR count). The Hall–Kier alpha value is -1.85. The number of para-hydroxylation sites is 1. The van der Waals surface area contributed by atoms with E-state index in [9.17, 15) is 0 Å². The summed E-state index contributed by atoms with van der Waals surface area (Å²) in [5, 5.41) is 4.43. The van der Waals surface area contributed by atoms with Crippen LogP contribution in [-0.2, 0) is 11.2 Å². The van der Waals surface area contributed by atoms with Crippen molar-refractivity contribution in [3.8, 4) is 0 Å². The van der Waals surface area contributed by atoms with E-state index in [2.05, 4.69) is 22.2 Å². The van der Waals surface area contributed by atoms with E-state index < -0.39 is 0 Å². The van der Waals surface area contributed by atoms with Crippen LogP contribution in [0.1, 0.15) is 25.6 Å². The van der Waals surface area contributed by atoms with Crippen molar-refractivity contribution in [1.29, 1.82) is 0 Å². The number of hydrogen-bond acceptors (Lipinski definition) is 5. The minimum absolute atomic E-state index is 0. The van der Waals surface area contributed by atoms with Crippen LogP contribution in [0.5, 0.6) is 0 Å². The second-order valence-electron chi connectivity index (χ2n) is 5.63. The van der Waals surface area contributed by atoms with Gasteiger partial charge in [-0.15, -0.1) is 0 Å². The molecule has 0 spiro atoms. The van der Waals surface area contributed by atoms with Gasteiger partial charge in [0.1, 0.15) is 16.9 Å². The molecule has 0 amide bonds.